The fraction of sp³-hybridized carbons (Fsp3) is 0.387. The second-order valence-electron chi connectivity index (χ2n) is 8.14. The molecule has 1 unspecified atom stereocenters. The van der Waals surface area contributed by atoms with Crippen LogP contribution in [0.25, 0.3) is 0 Å². The summed E-state index contributed by atoms with van der Waals surface area (Å²) in [4.78, 5) is 9.53. The quantitative estimate of drug-likeness (QED) is 0.164. The molecule has 204 valence electrons. The van der Waals surface area contributed by atoms with Crippen molar-refractivity contribution in [1.29, 1.82) is 0 Å². The number of rotatable bonds is 14. The van der Waals surface area contributed by atoms with Gasteiger partial charge in [-0.3, -0.25) is 4.79 Å². The number of methoxy groups -OCH3 is 1. The zero-order valence-corrected chi connectivity index (χ0v) is 23.2. The van der Waals surface area contributed by atoms with E-state index in [1.54, 1.807) is 13.2 Å². The predicted octanol–water partition coefficient (Wildman–Crippen LogP) is 7.20. The Balaban J connectivity index is 0.00000111. The summed E-state index contributed by atoms with van der Waals surface area (Å²) in [6.07, 6.45) is 3.59. The first-order chi connectivity index (χ1) is 17.8. The van der Waals surface area contributed by atoms with Crippen molar-refractivity contribution in [1.82, 2.24) is 0 Å². The van der Waals surface area contributed by atoms with E-state index in [1.807, 2.05) is 75.4 Å². The van der Waals surface area contributed by atoms with Crippen molar-refractivity contribution < 1.29 is 28.8 Å². The fourth-order valence-corrected chi connectivity index (χ4v) is 2.94. The summed E-state index contributed by atoms with van der Waals surface area (Å²) < 4.78 is 21.5. The van der Waals surface area contributed by atoms with Crippen LogP contribution in [0.4, 0.5) is 0 Å². The Morgan fingerprint density at radius 1 is 1.08 bits per heavy atom. The molecule has 6 nitrogen and oxygen atoms in total. The number of hydrogen-bond donors (Lipinski definition) is 1. The lowest BCUT2D eigenvalue weighted by Crippen LogP contribution is -2.07. The second kappa shape index (κ2) is 20.7. The van der Waals surface area contributed by atoms with E-state index in [-0.39, 0.29) is 6.61 Å². The van der Waals surface area contributed by atoms with Gasteiger partial charge in [0.25, 0.3) is 6.47 Å². The number of hydrogen-bond acceptors (Lipinski definition) is 6. The first-order valence-electron chi connectivity index (χ1n) is 12.5. The highest BCUT2D eigenvalue weighted by atomic mass is 16.5. The summed E-state index contributed by atoms with van der Waals surface area (Å²) in [5.74, 6) is 2.48. The number of aliphatic hydroxyl groups excluding tert-OH is 1. The van der Waals surface area contributed by atoms with E-state index >= 15 is 0 Å². The predicted molar refractivity (Wildman–Crippen MR) is 151 cm³/mol. The Labute approximate surface area is 223 Å². The molecule has 2 aromatic carbocycles. The van der Waals surface area contributed by atoms with Gasteiger partial charge in [0.05, 0.1) is 13.2 Å². The van der Waals surface area contributed by atoms with Crippen LogP contribution >= 0.6 is 0 Å². The number of carbonyl (C=O) groups is 1. The first-order valence-corrected chi connectivity index (χ1v) is 12.5. The van der Waals surface area contributed by atoms with Gasteiger partial charge < -0.3 is 24.1 Å². The molecule has 0 radical (unpaired) electrons. The normalized spacial score (nSPS) is 11.1. The Morgan fingerprint density at radius 2 is 1.76 bits per heavy atom. The molecular weight excluding hydrogens is 468 g/mol. The van der Waals surface area contributed by atoms with Gasteiger partial charge in [-0.2, -0.15) is 0 Å². The molecule has 37 heavy (non-hydrogen) atoms. The third-order valence-corrected chi connectivity index (χ3v) is 4.85. The molecule has 0 saturated heterocycles. The van der Waals surface area contributed by atoms with E-state index in [1.165, 1.54) is 0 Å². The number of ether oxygens (including phenoxy) is 4. The van der Waals surface area contributed by atoms with Gasteiger partial charge in [-0.1, -0.05) is 77.3 Å². The first kappa shape index (κ1) is 33.5. The van der Waals surface area contributed by atoms with Crippen molar-refractivity contribution in [3.05, 3.63) is 96.3 Å². The highest BCUT2D eigenvalue weighted by molar-refractivity contribution is 5.42. The van der Waals surface area contributed by atoms with Crippen LogP contribution in [0.5, 0.6) is 11.5 Å². The Hall–Kier alpha value is -3.51. The van der Waals surface area contributed by atoms with Crippen LogP contribution in [0.3, 0.4) is 0 Å². The van der Waals surface area contributed by atoms with Crippen LogP contribution in [-0.2, 0) is 20.9 Å². The van der Waals surface area contributed by atoms with Crippen molar-refractivity contribution in [2.75, 3.05) is 20.3 Å². The minimum atomic E-state index is -0.547. The molecule has 0 saturated carbocycles. The van der Waals surface area contributed by atoms with E-state index in [0.29, 0.717) is 49.1 Å². The maximum atomic E-state index is 10.4. The van der Waals surface area contributed by atoms with Gasteiger partial charge in [-0.25, -0.2) is 0 Å². The van der Waals surface area contributed by atoms with Gasteiger partial charge in [0.1, 0.15) is 37.1 Å². The topological polar surface area (TPSA) is 74.2 Å². The Bertz CT molecular complexity index is 934. The third kappa shape index (κ3) is 14.6. The maximum Gasteiger partial charge on any atom is 0.293 e. The van der Waals surface area contributed by atoms with Gasteiger partial charge in [0, 0.05) is 11.6 Å². The Morgan fingerprint density at radius 3 is 2.30 bits per heavy atom. The maximum absolute atomic E-state index is 10.4. The number of carbonyl (C=O) groups excluding carboxylic acids is 1. The van der Waals surface area contributed by atoms with E-state index in [9.17, 15) is 9.90 Å². The Kier molecular flexibility index (Phi) is 18.7. The standard InChI is InChI=1S/C23H30O4.C6H8O2.C2H6/c1-5-19(26-15-18-9-7-6-8-10-18)16-27-20-11-12-21(23(14-20)25-4)22(24)13-17(2)3;1-3-6(2)4-8-5-7;1-2/h5-12,14,17,22,24H,13,15-16H2,1-4H3;3,5H,1-2,4H2;1-2H3/b19-5+;;. The van der Waals surface area contributed by atoms with E-state index in [4.69, 9.17) is 14.2 Å². The summed E-state index contributed by atoms with van der Waals surface area (Å²) in [6.45, 7) is 18.5. The lowest BCUT2D eigenvalue weighted by Gasteiger charge is -2.18. The van der Waals surface area contributed by atoms with Gasteiger partial charge in [0.15, 0.2) is 0 Å². The van der Waals surface area contributed by atoms with Gasteiger partial charge in [-0.05, 0) is 48.6 Å². The smallest absolute Gasteiger partial charge is 0.293 e. The lowest BCUT2D eigenvalue weighted by molar-refractivity contribution is -0.127. The van der Waals surface area contributed by atoms with E-state index in [2.05, 4.69) is 31.7 Å². The highest BCUT2D eigenvalue weighted by Gasteiger charge is 2.16. The van der Waals surface area contributed by atoms with Crippen molar-refractivity contribution in [3.63, 3.8) is 0 Å². The summed E-state index contributed by atoms with van der Waals surface area (Å²) in [5.41, 5.74) is 2.60. The van der Waals surface area contributed by atoms with Crippen LogP contribution in [0, 0.1) is 5.92 Å². The molecule has 1 N–H and O–H groups in total. The van der Waals surface area contributed by atoms with Crippen LogP contribution in [-0.4, -0.2) is 31.9 Å². The molecule has 6 heteroatoms. The molecule has 0 fully saturated rings. The average Bonchev–Trinajstić information content (AvgIpc) is 2.93. The molecule has 0 spiro atoms. The SMILES string of the molecule is C/C=C(\COc1ccc(C(O)CC(C)C)c(OC)c1)OCc1ccccc1.C=CC(=C)COC=O.CC. The number of benzene rings is 2. The highest BCUT2D eigenvalue weighted by Crippen LogP contribution is 2.32. The van der Waals surface area contributed by atoms with E-state index < -0.39 is 6.10 Å². The molecule has 0 amide bonds. The summed E-state index contributed by atoms with van der Waals surface area (Å²) >= 11 is 0. The average molecular weight is 513 g/mol. The van der Waals surface area contributed by atoms with Gasteiger partial charge >= 0.3 is 0 Å². The van der Waals surface area contributed by atoms with Crippen molar-refractivity contribution >= 4 is 6.47 Å². The van der Waals surface area contributed by atoms with Crippen LogP contribution in [0.2, 0.25) is 0 Å². The molecule has 0 bridgehead atoms. The second-order valence-corrected chi connectivity index (χ2v) is 8.14. The lowest BCUT2D eigenvalue weighted by atomic mass is 9.99. The minimum absolute atomic E-state index is 0.243. The third-order valence-electron chi connectivity index (χ3n) is 4.85. The zero-order valence-electron chi connectivity index (χ0n) is 23.2. The molecule has 0 heterocycles. The molecular formula is C31H44O6. The summed E-state index contributed by atoms with van der Waals surface area (Å²) in [6, 6.07) is 15.5. The monoisotopic (exact) mass is 512 g/mol. The number of allylic oxidation sites excluding steroid dienone is 1. The fourth-order valence-electron chi connectivity index (χ4n) is 2.94. The van der Waals surface area contributed by atoms with Crippen LogP contribution in [0.1, 0.15) is 58.3 Å². The molecule has 2 aromatic rings. The minimum Gasteiger partial charge on any atom is -0.496 e. The van der Waals surface area contributed by atoms with Crippen molar-refractivity contribution in [2.24, 2.45) is 5.92 Å². The van der Waals surface area contributed by atoms with Crippen LogP contribution in [0.15, 0.2) is 85.2 Å². The largest absolute Gasteiger partial charge is 0.496 e. The molecule has 0 aliphatic carbocycles. The van der Waals surface area contributed by atoms with E-state index in [0.717, 1.165) is 16.9 Å². The van der Waals surface area contributed by atoms with Crippen molar-refractivity contribution in [2.45, 2.75) is 53.8 Å². The van der Waals surface area contributed by atoms with Gasteiger partial charge in [-0.15, -0.1) is 0 Å². The zero-order chi connectivity index (χ0) is 28.1. The van der Waals surface area contributed by atoms with Crippen molar-refractivity contribution in [3.8, 4) is 11.5 Å². The molecule has 0 aliphatic heterocycles. The molecule has 0 aromatic heterocycles. The summed E-state index contributed by atoms with van der Waals surface area (Å²) in [5, 5.41) is 10.4. The molecule has 2 rings (SSSR count). The molecule has 1 atom stereocenters. The van der Waals surface area contributed by atoms with Crippen LogP contribution < -0.4 is 9.47 Å². The summed E-state index contributed by atoms with van der Waals surface area (Å²) in [7, 11) is 1.60. The molecule has 0 aliphatic rings. The van der Waals surface area contributed by atoms with Gasteiger partial charge in [0.2, 0.25) is 0 Å². The number of aliphatic hydroxyl groups is 1.